The van der Waals surface area contributed by atoms with Gasteiger partial charge < -0.3 is 10.1 Å². The molecule has 0 saturated heterocycles. The van der Waals surface area contributed by atoms with Gasteiger partial charge in [-0.15, -0.1) is 0 Å². The van der Waals surface area contributed by atoms with Gasteiger partial charge in [-0.2, -0.15) is 0 Å². The van der Waals surface area contributed by atoms with Crippen LogP contribution in [0.1, 0.15) is 32.8 Å². The van der Waals surface area contributed by atoms with Gasteiger partial charge in [0.05, 0.1) is 6.61 Å². The number of anilines is 1. The minimum absolute atomic E-state index is 0.343. The lowest BCUT2D eigenvalue weighted by atomic mass is 10.2. The summed E-state index contributed by atoms with van der Waals surface area (Å²) in [5, 5.41) is 6.07. The molecule has 0 unspecified atom stereocenters. The summed E-state index contributed by atoms with van der Waals surface area (Å²) in [4.78, 5) is 11.5. The quantitative estimate of drug-likeness (QED) is 0.742. The van der Waals surface area contributed by atoms with Crippen molar-refractivity contribution in [3.05, 3.63) is 29.8 Å². The highest BCUT2D eigenvalue weighted by atomic mass is 16.5. The van der Waals surface area contributed by atoms with Gasteiger partial charge in [-0.05, 0) is 36.6 Å². The second kappa shape index (κ2) is 8.53. The number of rotatable bonds is 7. The largest absolute Gasteiger partial charge is 0.449 e. The molecule has 0 aliphatic heterocycles. The van der Waals surface area contributed by atoms with Crippen molar-refractivity contribution in [2.75, 3.05) is 18.5 Å². The van der Waals surface area contributed by atoms with Crippen LogP contribution in [0.3, 0.4) is 0 Å². The molecule has 0 aliphatic rings. The Hall–Kier alpha value is -1.55. The average molecular weight is 264 g/mol. The summed E-state index contributed by atoms with van der Waals surface area (Å²) < 4.78 is 5.08. The van der Waals surface area contributed by atoms with Crippen molar-refractivity contribution >= 4 is 11.8 Å². The van der Waals surface area contributed by atoms with E-state index in [-0.39, 0.29) is 0 Å². The topological polar surface area (TPSA) is 50.4 Å². The summed E-state index contributed by atoms with van der Waals surface area (Å²) in [6, 6.07) is 7.79. The van der Waals surface area contributed by atoms with Gasteiger partial charge in [-0.1, -0.05) is 32.9 Å². The molecular formula is C15H24N2O2. The van der Waals surface area contributed by atoms with Crippen LogP contribution < -0.4 is 10.6 Å². The van der Waals surface area contributed by atoms with Crippen LogP contribution in [0.25, 0.3) is 0 Å². The number of hydrogen-bond donors (Lipinski definition) is 2. The summed E-state index contributed by atoms with van der Waals surface area (Å²) in [5.41, 5.74) is 1.92. The van der Waals surface area contributed by atoms with E-state index in [0.29, 0.717) is 12.5 Å². The predicted octanol–water partition coefficient (Wildman–Crippen LogP) is 3.39. The van der Waals surface area contributed by atoms with Gasteiger partial charge in [-0.25, -0.2) is 4.79 Å². The van der Waals surface area contributed by atoms with Crippen LogP contribution in [0.2, 0.25) is 0 Å². The first-order valence-corrected chi connectivity index (χ1v) is 6.85. The van der Waals surface area contributed by atoms with Gasteiger partial charge in [-0.3, -0.25) is 5.32 Å². The molecule has 0 heterocycles. The first kappa shape index (κ1) is 15.5. The van der Waals surface area contributed by atoms with Crippen molar-refractivity contribution in [1.82, 2.24) is 5.32 Å². The molecule has 2 N–H and O–H groups in total. The Morgan fingerprint density at radius 3 is 2.84 bits per heavy atom. The van der Waals surface area contributed by atoms with Crippen LogP contribution in [-0.4, -0.2) is 19.2 Å². The van der Waals surface area contributed by atoms with Crippen LogP contribution >= 0.6 is 0 Å². The molecule has 0 aliphatic carbocycles. The zero-order valence-electron chi connectivity index (χ0n) is 12.0. The van der Waals surface area contributed by atoms with Crippen LogP contribution in [0, 0.1) is 5.92 Å². The lowest BCUT2D eigenvalue weighted by Crippen LogP contribution is -2.17. The number of amides is 1. The number of benzene rings is 1. The molecule has 0 bridgehead atoms. The van der Waals surface area contributed by atoms with Gasteiger partial charge in [0.1, 0.15) is 0 Å². The zero-order valence-corrected chi connectivity index (χ0v) is 12.0. The minimum atomic E-state index is -0.396. The normalized spacial score (nSPS) is 10.5. The smallest absolute Gasteiger partial charge is 0.411 e. The molecule has 0 spiro atoms. The van der Waals surface area contributed by atoms with E-state index in [9.17, 15) is 4.79 Å². The molecule has 1 amide bonds. The van der Waals surface area contributed by atoms with E-state index in [1.54, 1.807) is 0 Å². The van der Waals surface area contributed by atoms with Crippen molar-refractivity contribution in [2.45, 2.75) is 33.7 Å². The molecule has 0 atom stereocenters. The molecule has 0 radical (unpaired) electrons. The second-order valence-corrected chi connectivity index (χ2v) is 4.99. The van der Waals surface area contributed by atoms with Crippen LogP contribution in [-0.2, 0) is 11.3 Å². The lowest BCUT2D eigenvalue weighted by molar-refractivity contribution is 0.147. The Balaban J connectivity index is 2.45. The van der Waals surface area contributed by atoms with Crippen LogP contribution in [0.4, 0.5) is 10.5 Å². The standard InChI is InChI=1S/C15H24N2O2/c1-4-8-16-10-13-6-5-7-14(9-13)17-15(18)19-11-12(2)3/h5-7,9,12,16H,4,8,10-11H2,1-3H3,(H,17,18). The molecule has 0 fully saturated rings. The summed E-state index contributed by atoms with van der Waals surface area (Å²) in [7, 11) is 0. The number of carbonyl (C=O) groups excluding carboxylic acids is 1. The third kappa shape index (κ3) is 6.82. The molecule has 19 heavy (non-hydrogen) atoms. The maximum atomic E-state index is 11.5. The Morgan fingerprint density at radius 2 is 2.16 bits per heavy atom. The minimum Gasteiger partial charge on any atom is -0.449 e. The van der Waals surface area contributed by atoms with E-state index in [4.69, 9.17) is 4.74 Å². The fourth-order valence-corrected chi connectivity index (χ4v) is 1.56. The Morgan fingerprint density at radius 1 is 1.37 bits per heavy atom. The third-order valence-corrected chi connectivity index (χ3v) is 2.48. The lowest BCUT2D eigenvalue weighted by Gasteiger charge is -2.10. The summed E-state index contributed by atoms with van der Waals surface area (Å²) in [6.45, 7) is 8.39. The fourth-order valence-electron chi connectivity index (χ4n) is 1.56. The van der Waals surface area contributed by atoms with Gasteiger partial charge in [0.2, 0.25) is 0 Å². The van der Waals surface area contributed by atoms with E-state index >= 15 is 0 Å². The highest BCUT2D eigenvalue weighted by Crippen LogP contribution is 2.11. The molecule has 1 rings (SSSR count). The molecule has 0 aromatic heterocycles. The first-order valence-electron chi connectivity index (χ1n) is 6.85. The van der Waals surface area contributed by atoms with Crippen molar-refractivity contribution in [3.63, 3.8) is 0 Å². The number of hydrogen-bond acceptors (Lipinski definition) is 3. The fraction of sp³-hybridized carbons (Fsp3) is 0.533. The molecule has 0 saturated carbocycles. The summed E-state index contributed by atoms with van der Waals surface area (Å²) in [5.74, 6) is 0.343. The van der Waals surface area contributed by atoms with Gasteiger partial charge in [0, 0.05) is 12.2 Å². The SMILES string of the molecule is CCCNCc1cccc(NC(=O)OCC(C)C)c1. The van der Waals surface area contributed by atoms with Gasteiger partial charge in [0.15, 0.2) is 0 Å². The Kier molecular flexibility index (Phi) is 6.97. The monoisotopic (exact) mass is 264 g/mol. The number of carbonyl (C=O) groups is 1. The summed E-state index contributed by atoms with van der Waals surface area (Å²) >= 11 is 0. The van der Waals surface area contributed by atoms with E-state index in [1.165, 1.54) is 0 Å². The van der Waals surface area contributed by atoms with Gasteiger partial charge in [0.25, 0.3) is 0 Å². The first-order chi connectivity index (χ1) is 9.11. The van der Waals surface area contributed by atoms with Crippen LogP contribution in [0.5, 0.6) is 0 Å². The van der Waals surface area contributed by atoms with E-state index in [0.717, 1.165) is 30.8 Å². The number of nitrogens with one attached hydrogen (secondary N) is 2. The maximum Gasteiger partial charge on any atom is 0.411 e. The van der Waals surface area contributed by atoms with Gasteiger partial charge >= 0.3 is 6.09 Å². The van der Waals surface area contributed by atoms with Crippen molar-refractivity contribution in [2.24, 2.45) is 5.92 Å². The van der Waals surface area contributed by atoms with E-state index in [2.05, 4.69) is 17.6 Å². The molecule has 1 aromatic rings. The van der Waals surface area contributed by atoms with Crippen molar-refractivity contribution < 1.29 is 9.53 Å². The maximum absolute atomic E-state index is 11.5. The second-order valence-electron chi connectivity index (χ2n) is 4.99. The highest BCUT2D eigenvalue weighted by molar-refractivity contribution is 5.84. The molecule has 106 valence electrons. The highest BCUT2D eigenvalue weighted by Gasteiger charge is 2.04. The van der Waals surface area contributed by atoms with Crippen LogP contribution in [0.15, 0.2) is 24.3 Å². The Labute approximate surface area is 115 Å². The summed E-state index contributed by atoms with van der Waals surface area (Å²) in [6.07, 6.45) is 0.715. The van der Waals surface area contributed by atoms with E-state index in [1.807, 2.05) is 38.1 Å². The zero-order chi connectivity index (χ0) is 14.1. The third-order valence-electron chi connectivity index (χ3n) is 2.48. The molecular weight excluding hydrogens is 240 g/mol. The van der Waals surface area contributed by atoms with Crippen molar-refractivity contribution in [1.29, 1.82) is 0 Å². The number of ether oxygens (including phenoxy) is 1. The molecule has 1 aromatic carbocycles. The predicted molar refractivity (Wildman–Crippen MR) is 78.2 cm³/mol. The van der Waals surface area contributed by atoms with Crippen molar-refractivity contribution in [3.8, 4) is 0 Å². The average Bonchev–Trinajstić information content (AvgIpc) is 2.37. The van der Waals surface area contributed by atoms with E-state index < -0.39 is 6.09 Å². The Bertz CT molecular complexity index is 391. The molecule has 4 nitrogen and oxygen atoms in total. The molecule has 4 heteroatoms.